The highest BCUT2D eigenvalue weighted by molar-refractivity contribution is 8.93. The average molecular weight is 349 g/mol. The van der Waals surface area contributed by atoms with Crippen LogP contribution >= 0.6 is 17.0 Å². The molecule has 2 nitrogen and oxygen atoms in total. The van der Waals surface area contributed by atoms with E-state index < -0.39 is 0 Å². The Morgan fingerprint density at radius 1 is 1.10 bits per heavy atom. The first-order valence-corrected chi connectivity index (χ1v) is 8.01. The lowest BCUT2D eigenvalue weighted by Crippen LogP contribution is -2.17. The zero-order valence-electron chi connectivity index (χ0n) is 12.8. The number of benzene rings is 1. The summed E-state index contributed by atoms with van der Waals surface area (Å²) in [4.78, 5) is 0. The molecular weight excluding hydrogens is 324 g/mol. The summed E-state index contributed by atoms with van der Waals surface area (Å²) in [6.07, 6.45) is 8.65. The fourth-order valence-electron chi connectivity index (χ4n) is 3.48. The van der Waals surface area contributed by atoms with Crippen molar-refractivity contribution < 1.29 is 0 Å². The summed E-state index contributed by atoms with van der Waals surface area (Å²) in [6, 6.07) is 8.46. The number of pyridine rings is 1. The van der Waals surface area contributed by atoms with Gasteiger partial charge in [-0.2, -0.15) is 0 Å². The van der Waals surface area contributed by atoms with Crippen LogP contribution in [0.2, 0.25) is 0 Å². The number of nitrogens with one attached hydrogen (secondary N) is 1. The van der Waals surface area contributed by atoms with Gasteiger partial charge in [0.2, 0.25) is 0 Å². The molecule has 1 N–H and O–H groups in total. The third-order valence-electron chi connectivity index (χ3n) is 4.52. The van der Waals surface area contributed by atoms with Crippen molar-refractivity contribution in [2.45, 2.75) is 58.4 Å². The van der Waals surface area contributed by atoms with Gasteiger partial charge in [0, 0.05) is 17.6 Å². The predicted octanol–water partition coefficient (Wildman–Crippen LogP) is 4.77. The maximum absolute atomic E-state index is 8.45. The molecule has 0 radical (unpaired) electrons. The second-order valence-corrected chi connectivity index (χ2v) is 5.88. The molecule has 1 aliphatic rings. The van der Waals surface area contributed by atoms with Gasteiger partial charge in [0.25, 0.3) is 0 Å². The molecule has 21 heavy (non-hydrogen) atoms. The second-order valence-electron chi connectivity index (χ2n) is 5.88. The summed E-state index contributed by atoms with van der Waals surface area (Å²) in [6.45, 7) is 3.37. The van der Waals surface area contributed by atoms with Crippen molar-refractivity contribution in [1.82, 2.24) is 4.57 Å². The second kappa shape index (κ2) is 7.26. The minimum Gasteiger partial charge on any atom is -0.344 e. The molecule has 0 unspecified atom stereocenters. The monoisotopic (exact) mass is 348 g/mol. The van der Waals surface area contributed by atoms with E-state index in [2.05, 4.69) is 35.8 Å². The molecule has 1 heterocycles. The number of aromatic nitrogens is 1. The van der Waals surface area contributed by atoms with E-state index in [1.54, 1.807) is 0 Å². The lowest BCUT2D eigenvalue weighted by Gasteiger charge is -2.17. The van der Waals surface area contributed by atoms with E-state index in [0.29, 0.717) is 0 Å². The smallest absolute Gasteiger partial charge is 0.0682 e. The third kappa shape index (κ3) is 3.08. The molecular formula is C18H25BrN2. The number of fused-ring (bicyclic) bond motifs is 2. The van der Waals surface area contributed by atoms with Gasteiger partial charge in [-0.25, -0.2) is 0 Å². The first-order valence-electron chi connectivity index (χ1n) is 8.01. The number of halogens is 1. The van der Waals surface area contributed by atoms with Crippen LogP contribution in [-0.4, -0.2) is 4.57 Å². The molecule has 0 amide bonds. The fourth-order valence-corrected chi connectivity index (χ4v) is 3.48. The molecule has 0 aliphatic heterocycles. The van der Waals surface area contributed by atoms with Crippen molar-refractivity contribution in [3.63, 3.8) is 0 Å². The standard InChI is InChI=1S/C18H24N2.BrH/c1-2-3-4-7-13-20-16-11-6-5-9-14(16)18(19)15-10-8-12-17(15)20;/h5-6,9,11,19H,2-4,7-8,10,12-13H2,1H3;1H. The first-order chi connectivity index (χ1) is 9.83. The van der Waals surface area contributed by atoms with E-state index in [1.165, 1.54) is 48.9 Å². The number of hydrogen-bond donors (Lipinski definition) is 1. The van der Waals surface area contributed by atoms with E-state index in [1.807, 2.05) is 0 Å². The Balaban J connectivity index is 0.00000161. The van der Waals surface area contributed by atoms with Crippen molar-refractivity contribution in [1.29, 1.82) is 5.41 Å². The van der Waals surface area contributed by atoms with Gasteiger partial charge in [0.05, 0.1) is 10.9 Å². The minimum absolute atomic E-state index is 0. The average Bonchev–Trinajstić information content (AvgIpc) is 2.96. The Kier molecular flexibility index (Phi) is 5.63. The Labute approximate surface area is 137 Å². The lowest BCUT2D eigenvalue weighted by molar-refractivity contribution is 0.578. The van der Waals surface area contributed by atoms with Gasteiger partial charge in [-0.3, -0.25) is 5.41 Å². The van der Waals surface area contributed by atoms with Crippen LogP contribution in [0, 0.1) is 5.41 Å². The van der Waals surface area contributed by atoms with Crippen LogP contribution in [0.5, 0.6) is 0 Å². The molecule has 3 rings (SSSR count). The topological polar surface area (TPSA) is 28.8 Å². The van der Waals surface area contributed by atoms with Gasteiger partial charge in [-0.05, 0) is 37.3 Å². The summed E-state index contributed by atoms with van der Waals surface area (Å²) in [5.74, 6) is 0. The predicted molar refractivity (Wildman–Crippen MR) is 94.3 cm³/mol. The molecule has 0 saturated carbocycles. The molecule has 3 heteroatoms. The number of para-hydroxylation sites is 1. The Bertz CT molecular complexity index is 673. The van der Waals surface area contributed by atoms with Crippen LogP contribution in [0.3, 0.4) is 0 Å². The summed E-state index contributed by atoms with van der Waals surface area (Å²) >= 11 is 0. The maximum atomic E-state index is 8.45. The van der Waals surface area contributed by atoms with E-state index in [0.717, 1.165) is 30.1 Å². The zero-order chi connectivity index (χ0) is 13.9. The van der Waals surface area contributed by atoms with E-state index in [-0.39, 0.29) is 17.0 Å². The van der Waals surface area contributed by atoms with E-state index >= 15 is 0 Å². The Hall–Kier alpha value is -1.09. The van der Waals surface area contributed by atoms with Crippen LogP contribution in [-0.2, 0) is 19.4 Å². The fraction of sp³-hybridized carbons (Fsp3) is 0.500. The van der Waals surface area contributed by atoms with Crippen LogP contribution < -0.4 is 5.36 Å². The maximum Gasteiger partial charge on any atom is 0.0682 e. The van der Waals surface area contributed by atoms with Crippen LogP contribution in [0.4, 0.5) is 0 Å². The molecule has 2 aromatic rings. The van der Waals surface area contributed by atoms with Crippen molar-refractivity contribution in [3.05, 3.63) is 40.9 Å². The lowest BCUT2D eigenvalue weighted by atomic mass is 10.1. The first kappa shape index (κ1) is 16.3. The largest absolute Gasteiger partial charge is 0.344 e. The summed E-state index contributed by atoms with van der Waals surface area (Å²) in [5, 5.41) is 10.4. The summed E-state index contributed by atoms with van der Waals surface area (Å²) in [5.41, 5.74) is 4.00. The van der Waals surface area contributed by atoms with Gasteiger partial charge >= 0.3 is 0 Å². The Morgan fingerprint density at radius 3 is 2.71 bits per heavy atom. The van der Waals surface area contributed by atoms with Gasteiger partial charge in [-0.1, -0.05) is 44.4 Å². The quantitative estimate of drug-likeness (QED) is 0.754. The van der Waals surface area contributed by atoms with Crippen molar-refractivity contribution in [2.24, 2.45) is 0 Å². The number of unbranched alkanes of at least 4 members (excludes halogenated alkanes) is 3. The van der Waals surface area contributed by atoms with E-state index in [4.69, 9.17) is 5.41 Å². The van der Waals surface area contributed by atoms with Gasteiger partial charge in [0.15, 0.2) is 0 Å². The minimum atomic E-state index is 0. The molecule has 1 aliphatic carbocycles. The van der Waals surface area contributed by atoms with E-state index in [9.17, 15) is 0 Å². The molecule has 114 valence electrons. The molecule has 0 fully saturated rings. The van der Waals surface area contributed by atoms with Gasteiger partial charge < -0.3 is 4.57 Å². The highest BCUT2D eigenvalue weighted by Gasteiger charge is 2.18. The molecule has 1 aromatic heterocycles. The number of aryl methyl sites for hydroxylation is 1. The molecule has 0 atom stereocenters. The Morgan fingerprint density at radius 2 is 1.90 bits per heavy atom. The third-order valence-corrected chi connectivity index (χ3v) is 4.52. The van der Waals surface area contributed by atoms with Crippen LogP contribution in [0.15, 0.2) is 24.3 Å². The number of rotatable bonds is 5. The zero-order valence-corrected chi connectivity index (χ0v) is 14.5. The van der Waals surface area contributed by atoms with Crippen LogP contribution in [0.1, 0.15) is 50.3 Å². The molecule has 0 spiro atoms. The van der Waals surface area contributed by atoms with Crippen molar-refractivity contribution in [3.8, 4) is 0 Å². The SMILES string of the molecule is Br.CCCCCCn1c2c(c(=N)c3ccccc31)CCC2. The summed E-state index contributed by atoms with van der Waals surface area (Å²) < 4.78 is 2.51. The number of nitrogens with zero attached hydrogens (tertiary/aromatic N) is 1. The van der Waals surface area contributed by atoms with Crippen molar-refractivity contribution in [2.75, 3.05) is 0 Å². The van der Waals surface area contributed by atoms with Gasteiger partial charge in [0.1, 0.15) is 0 Å². The van der Waals surface area contributed by atoms with Gasteiger partial charge in [-0.15, -0.1) is 17.0 Å². The number of hydrogen-bond acceptors (Lipinski definition) is 1. The van der Waals surface area contributed by atoms with Crippen molar-refractivity contribution >= 4 is 27.9 Å². The molecule has 0 saturated heterocycles. The highest BCUT2D eigenvalue weighted by Crippen LogP contribution is 2.24. The highest BCUT2D eigenvalue weighted by atomic mass is 79.9. The van der Waals surface area contributed by atoms with Crippen LogP contribution in [0.25, 0.3) is 10.9 Å². The molecule has 1 aromatic carbocycles. The normalized spacial score (nSPS) is 13.2. The molecule has 0 bridgehead atoms. The summed E-state index contributed by atoms with van der Waals surface area (Å²) in [7, 11) is 0.